The topological polar surface area (TPSA) is 169 Å². The SMILES string of the molecule is CCC/C=C\C/C=C\CCCCCCCC(=O)OCC(COC1OC(C(=O)O)C(O)C(O)C1O)OC(=O)CCCCCCCCCCC/C=C\CCCCCCCC. The molecule has 1 fully saturated rings. The third kappa shape index (κ3) is 28.8. The number of aliphatic carboxylic acids is 1. The molecule has 0 aromatic heterocycles. The Hall–Kier alpha value is -2.57. The van der Waals surface area contributed by atoms with Crippen LogP contribution in [-0.4, -0.2) is 88.4 Å². The van der Waals surface area contributed by atoms with Crippen LogP contribution in [0.3, 0.4) is 0 Å². The third-order valence-electron chi connectivity index (χ3n) is 10.4. The van der Waals surface area contributed by atoms with Crippen molar-refractivity contribution in [2.24, 2.45) is 0 Å². The Morgan fingerprint density at radius 3 is 1.52 bits per heavy atom. The largest absolute Gasteiger partial charge is 0.479 e. The molecule has 1 saturated heterocycles. The van der Waals surface area contributed by atoms with Gasteiger partial charge in [0.05, 0.1) is 6.61 Å². The van der Waals surface area contributed by atoms with Gasteiger partial charge in [-0.3, -0.25) is 9.59 Å². The predicted molar refractivity (Wildman–Crippen MR) is 229 cm³/mol. The van der Waals surface area contributed by atoms with Crippen LogP contribution >= 0.6 is 0 Å². The lowest BCUT2D eigenvalue weighted by molar-refractivity contribution is -0.298. The van der Waals surface area contributed by atoms with E-state index in [4.69, 9.17) is 18.9 Å². The fourth-order valence-electron chi connectivity index (χ4n) is 6.79. The highest BCUT2D eigenvalue weighted by molar-refractivity contribution is 5.73. The van der Waals surface area contributed by atoms with Gasteiger partial charge in [0.2, 0.25) is 0 Å². The van der Waals surface area contributed by atoms with Crippen LogP contribution in [0.4, 0.5) is 0 Å². The van der Waals surface area contributed by atoms with Gasteiger partial charge < -0.3 is 39.4 Å². The summed E-state index contributed by atoms with van der Waals surface area (Å²) in [6, 6.07) is 0. The molecule has 0 radical (unpaired) electrons. The van der Waals surface area contributed by atoms with E-state index in [1.54, 1.807) is 0 Å². The molecule has 6 atom stereocenters. The number of carboxylic acids is 1. The second-order valence-electron chi connectivity index (χ2n) is 15.9. The minimum absolute atomic E-state index is 0.178. The van der Waals surface area contributed by atoms with E-state index in [0.29, 0.717) is 12.8 Å². The number of carbonyl (C=O) groups is 3. The summed E-state index contributed by atoms with van der Waals surface area (Å²) in [5, 5.41) is 39.8. The van der Waals surface area contributed by atoms with Crippen molar-refractivity contribution in [1.82, 2.24) is 0 Å². The molecule has 336 valence electrons. The Morgan fingerprint density at radius 1 is 0.534 bits per heavy atom. The number of esters is 2. The Morgan fingerprint density at radius 2 is 1.00 bits per heavy atom. The summed E-state index contributed by atoms with van der Waals surface area (Å²) in [6.45, 7) is 3.73. The van der Waals surface area contributed by atoms with E-state index in [1.165, 1.54) is 89.9 Å². The van der Waals surface area contributed by atoms with E-state index < -0.39 is 61.3 Å². The number of rotatable bonds is 38. The fourth-order valence-corrected chi connectivity index (χ4v) is 6.79. The highest BCUT2D eigenvalue weighted by atomic mass is 16.7. The van der Waals surface area contributed by atoms with Gasteiger partial charge in [-0.25, -0.2) is 4.79 Å². The van der Waals surface area contributed by atoms with Crippen molar-refractivity contribution < 1.29 is 53.8 Å². The van der Waals surface area contributed by atoms with Gasteiger partial charge in [0, 0.05) is 12.8 Å². The van der Waals surface area contributed by atoms with E-state index in [-0.39, 0.29) is 19.4 Å². The highest BCUT2D eigenvalue weighted by Gasteiger charge is 2.47. The summed E-state index contributed by atoms with van der Waals surface area (Å²) in [5.74, 6) is -2.46. The zero-order valence-electron chi connectivity index (χ0n) is 36.3. The molecule has 1 heterocycles. The van der Waals surface area contributed by atoms with Crippen LogP contribution in [0.2, 0.25) is 0 Å². The van der Waals surface area contributed by atoms with Crippen LogP contribution in [0.1, 0.15) is 194 Å². The first-order valence-corrected chi connectivity index (χ1v) is 23.0. The molecule has 0 aromatic carbocycles. The minimum Gasteiger partial charge on any atom is -0.479 e. The molecule has 1 rings (SSSR count). The molecule has 11 heteroatoms. The third-order valence-corrected chi connectivity index (χ3v) is 10.4. The van der Waals surface area contributed by atoms with Gasteiger partial charge in [-0.15, -0.1) is 0 Å². The summed E-state index contributed by atoms with van der Waals surface area (Å²) >= 11 is 0. The standard InChI is InChI=1S/C47H82O11/c1-3-5-7-9-11-13-15-17-18-19-20-21-22-24-26-28-30-32-34-36-41(49)57-39(38-56-47-44(52)42(50)43(51)45(58-47)46(53)54)37-55-40(48)35-33-31-29-27-25-23-16-14-12-10-8-6-4-2/h8,10,14,16-18,39,42-45,47,50-52H,3-7,9,11-13,15,19-38H2,1-2H3,(H,53,54)/b10-8-,16-14-,18-17-. The molecule has 0 saturated carbocycles. The lowest BCUT2D eigenvalue weighted by atomic mass is 9.99. The van der Waals surface area contributed by atoms with Gasteiger partial charge in [-0.05, 0) is 64.2 Å². The molecule has 0 aliphatic carbocycles. The molecule has 58 heavy (non-hydrogen) atoms. The predicted octanol–water partition coefficient (Wildman–Crippen LogP) is 9.98. The molecule has 1 aliphatic rings. The Kier molecular flexibility index (Phi) is 34.5. The molecule has 11 nitrogen and oxygen atoms in total. The minimum atomic E-state index is -1.86. The number of hydrogen-bond acceptors (Lipinski definition) is 10. The van der Waals surface area contributed by atoms with Crippen molar-refractivity contribution in [3.63, 3.8) is 0 Å². The number of unbranched alkanes of at least 4 members (excludes halogenated alkanes) is 21. The van der Waals surface area contributed by atoms with Gasteiger partial charge in [-0.2, -0.15) is 0 Å². The quantitative estimate of drug-likeness (QED) is 0.0266. The van der Waals surface area contributed by atoms with E-state index in [1.807, 2.05) is 0 Å². The molecule has 0 aromatic rings. The molecule has 0 spiro atoms. The van der Waals surface area contributed by atoms with E-state index in [0.717, 1.165) is 64.2 Å². The highest BCUT2D eigenvalue weighted by Crippen LogP contribution is 2.23. The van der Waals surface area contributed by atoms with E-state index in [9.17, 15) is 34.8 Å². The van der Waals surface area contributed by atoms with Crippen molar-refractivity contribution in [3.8, 4) is 0 Å². The normalized spacial score (nSPS) is 20.3. The number of hydrogen-bond donors (Lipinski definition) is 4. The number of carboxylic acid groups (broad SMARTS) is 1. The first kappa shape index (κ1) is 53.4. The smallest absolute Gasteiger partial charge is 0.335 e. The first-order valence-electron chi connectivity index (χ1n) is 23.0. The second kappa shape index (κ2) is 37.4. The van der Waals surface area contributed by atoms with Crippen LogP contribution in [0, 0.1) is 0 Å². The number of aliphatic hydroxyl groups is 3. The zero-order chi connectivity index (χ0) is 42.5. The number of aliphatic hydroxyl groups excluding tert-OH is 3. The molecule has 0 bridgehead atoms. The average molecular weight is 823 g/mol. The summed E-state index contributed by atoms with van der Waals surface area (Å²) in [7, 11) is 0. The Labute approximate surface area is 351 Å². The molecule has 1 aliphatic heterocycles. The van der Waals surface area contributed by atoms with Gasteiger partial charge in [0.15, 0.2) is 18.5 Å². The first-order chi connectivity index (χ1) is 28.2. The van der Waals surface area contributed by atoms with Gasteiger partial charge >= 0.3 is 17.9 Å². The van der Waals surface area contributed by atoms with Crippen LogP contribution < -0.4 is 0 Å². The van der Waals surface area contributed by atoms with Gasteiger partial charge in [0.25, 0.3) is 0 Å². The fraction of sp³-hybridized carbons (Fsp3) is 0.809. The lowest BCUT2D eigenvalue weighted by Gasteiger charge is -2.38. The molecule has 4 N–H and O–H groups in total. The number of ether oxygens (including phenoxy) is 4. The van der Waals surface area contributed by atoms with Gasteiger partial charge in [0.1, 0.15) is 24.9 Å². The second-order valence-corrected chi connectivity index (χ2v) is 15.9. The van der Waals surface area contributed by atoms with Crippen molar-refractivity contribution >= 4 is 17.9 Å². The van der Waals surface area contributed by atoms with Gasteiger partial charge in [-0.1, -0.05) is 153 Å². The van der Waals surface area contributed by atoms with E-state index in [2.05, 4.69) is 50.3 Å². The summed E-state index contributed by atoms with van der Waals surface area (Å²) < 4.78 is 21.7. The summed E-state index contributed by atoms with van der Waals surface area (Å²) in [4.78, 5) is 36.8. The lowest BCUT2D eigenvalue weighted by Crippen LogP contribution is -2.60. The molecule has 0 amide bonds. The maximum absolute atomic E-state index is 12.8. The Balaban J connectivity index is 2.35. The van der Waals surface area contributed by atoms with Crippen LogP contribution in [0.25, 0.3) is 0 Å². The molecular formula is C47H82O11. The van der Waals surface area contributed by atoms with Crippen LogP contribution in [-0.2, 0) is 33.3 Å². The van der Waals surface area contributed by atoms with Crippen LogP contribution in [0.5, 0.6) is 0 Å². The maximum Gasteiger partial charge on any atom is 0.335 e. The van der Waals surface area contributed by atoms with E-state index >= 15 is 0 Å². The summed E-state index contributed by atoms with van der Waals surface area (Å²) in [5.41, 5.74) is 0. The molecular weight excluding hydrogens is 741 g/mol. The maximum atomic E-state index is 12.8. The van der Waals surface area contributed by atoms with Crippen molar-refractivity contribution in [2.75, 3.05) is 13.2 Å². The van der Waals surface area contributed by atoms with Crippen molar-refractivity contribution in [1.29, 1.82) is 0 Å². The molecule has 6 unspecified atom stereocenters. The monoisotopic (exact) mass is 823 g/mol. The van der Waals surface area contributed by atoms with Crippen molar-refractivity contribution in [3.05, 3.63) is 36.5 Å². The summed E-state index contributed by atoms with van der Waals surface area (Å²) in [6.07, 6.45) is 33.4. The van der Waals surface area contributed by atoms with Crippen molar-refractivity contribution in [2.45, 2.75) is 230 Å². The number of allylic oxidation sites excluding steroid dienone is 6. The van der Waals surface area contributed by atoms with Crippen LogP contribution in [0.15, 0.2) is 36.5 Å². The zero-order valence-corrected chi connectivity index (χ0v) is 36.3. The average Bonchev–Trinajstić information content (AvgIpc) is 3.21. The Bertz CT molecular complexity index is 1110. The number of carbonyl (C=O) groups excluding carboxylic acids is 2.